The zero-order valence-corrected chi connectivity index (χ0v) is 28.4. The first-order valence-electron chi connectivity index (χ1n) is 15.3. The van der Waals surface area contributed by atoms with Crippen LogP contribution < -0.4 is 20.3 Å². The van der Waals surface area contributed by atoms with Crippen molar-refractivity contribution >= 4 is 42.6 Å². The van der Waals surface area contributed by atoms with Crippen molar-refractivity contribution < 1.29 is 23.9 Å². The highest BCUT2D eigenvalue weighted by Gasteiger charge is 2.45. The van der Waals surface area contributed by atoms with Crippen molar-refractivity contribution in [3.8, 4) is 17.0 Å². The van der Waals surface area contributed by atoms with Crippen molar-refractivity contribution in [2.45, 2.75) is 58.0 Å². The van der Waals surface area contributed by atoms with Crippen molar-refractivity contribution in [3.63, 3.8) is 0 Å². The Hall–Kier alpha value is -4.55. The topological polar surface area (TPSA) is 139 Å². The number of carbonyl (C=O) groups excluding carboxylic acids is 1. The molecule has 0 radical (unpaired) electrons. The molecule has 46 heavy (non-hydrogen) atoms. The first kappa shape index (κ1) is 32.8. The van der Waals surface area contributed by atoms with Gasteiger partial charge in [0, 0.05) is 48.4 Å². The summed E-state index contributed by atoms with van der Waals surface area (Å²) in [5.41, 5.74) is 4.01. The van der Waals surface area contributed by atoms with Gasteiger partial charge < -0.3 is 29.8 Å². The summed E-state index contributed by atoms with van der Waals surface area (Å²) < 4.78 is 11.9. The Morgan fingerprint density at radius 3 is 2.43 bits per heavy atom. The summed E-state index contributed by atoms with van der Waals surface area (Å²) in [5.74, 6) is 0.161. The Labute approximate surface area is 270 Å². The monoisotopic (exact) mass is 642 g/mol. The summed E-state index contributed by atoms with van der Waals surface area (Å²) in [6, 6.07) is 14.5. The normalized spacial score (nSPS) is 18.7. The molecule has 3 atom stereocenters. The number of aromatic nitrogens is 3. The molecule has 0 aliphatic carbocycles. The van der Waals surface area contributed by atoms with Crippen LogP contribution in [0.4, 0.5) is 16.2 Å². The number of hydrogen-bond donors (Lipinski definition) is 3. The van der Waals surface area contributed by atoms with Gasteiger partial charge in [0.1, 0.15) is 5.69 Å². The molecule has 4 aromatic rings. The summed E-state index contributed by atoms with van der Waals surface area (Å²) in [4.78, 5) is 40.7. The van der Waals surface area contributed by atoms with Crippen LogP contribution in [0.1, 0.15) is 38.2 Å². The number of piperidine rings is 1. The molecule has 1 aliphatic rings. The van der Waals surface area contributed by atoms with Gasteiger partial charge in [-0.25, -0.2) is 14.8 Å². The molecule has 4 heterocycles. The highest BCUT2D eigenvalue weighted by molar-refractivity contribution is 6.74. The second-order valence-electron chi connectivity index (χ2n) is 13.3. The van der Waals surface area contributed by atoms with Gasteiger partial charge in [-0.2, -0.15) is 0 Å². The summed E-state index contributed by atoms with van der Waals surface area (Å²) in [7, 11) is -0.605. The molecule has 242 valence electrons. The van der Waals surface area contributed by atoms with E-state index in [0.717, 1.165) is 22.2 Å². The lowest BCUT2D eigenvalue weighted by molar-refractivity contribution is 0.0722. The zero-order chi connectivity index (χ0) is 33.2. The maximum absolute atomic E-state index is 13.5. The number of benzene rings is 1. The number of anilines is 2. The molecule has 3 N–H and O–H groups in total. The Morgan fingerprint density at radius 2 is 1.76 bits per heavy atom. The fourth-order valence-electron chi connectivity index (χ4n) is 5.50. The third-order valence-corrected chi connectivity index (χ3v) is 13.5. The van der Waals surface area contributed by atoms with Crippen molar-refractivity contribution in [1.82, 2.24) is 20.3 Å². The molecule has 0 spiro atoms. The number of ether oxygens (including phenoxy) is 1. The van der Waals surface area contributed by atoms with Gasteiger partial charge in [0.05, 0.1) is 42.3 Å². The van der Waals surface area contributed by atoms with Crippen LogP contribution in [0.2, 0.25) is 18.1 Å². The highest BCUT2D eigenvalue weighted by Crippen LogP contribution is 2.40. The van der Waals surface area contributed by atoms with E-state index in [1.807, 2.05) is 36.4 Å². The quantitative estimate of drug-likeness (QED) is 0.185. The molecule has 0 bridgehead atoms. The molecule has 1 aromatic carbocycles. The van der Waals surface area contributed by atoms with Gasteiger partial charge in [-0.3, -0.25) is 9.78 Å². The van der Waals surface area contributed by atoms with Crippen LogP contribution in [0.3, 0.4) is 0 Å². The standard InChI is InChI=1S/C34H42N6O5Si/c1-21-19-40(20-28(39-33(42)43)31(21)45-46(6,7)34(2,3)4)29-14-15-35-18-27(29)38-32(41)25-12-10-22-8-9-23(16-26(22)37-25)24-11-13-30(44-5)36-17-24/h8-18,21,28,31,39H,19-20H2,1-7H3,(H,38,41)(H,42,43)/t21-,28+,31+/m0/s1. The number of carbonyl (C=O) groups is 2. The first-order chi connectivity index (χ1) is 21.8. The lowest BCUT2D eigenvalue weighted by atomic mass is 9.92. The van der Waals surface area contributed by atoms with Gasteiger partial charge in [0.25, 0.3) is 5.91 Å². The molecule has 2 amide bonds. The van der Waals surface area contributed by atoms with E-state index >= 15 is 0 Å². The summed E-state index contributed by atoms with van der Waals surface area (Å²) >= 11 is 0. The van der Waals surface area contributed by atoms with Crippen molar-refractivity contribution in [2.75, 3.05) is 30.4 Å². The molecule has 0 unspecified atom stereocenters. The second-order valence-corrected chi connectivity index (χ2v) is 18.1. The molecule has 11 nitrogen and oxygen atoms in total. The number of nitrogens with zero attached hydrogens (tertiary/aromatic N) is 4. The van der Waals surface area contributed by atoms with E-state index in [9.17, 15) is 14.7 Å². The second kappa shape index (κ2) is 13.0. The third kappa shape index (κ3) is 7.13. The van der Waals surface area contributed by atoms with Gasteiger partial charge in [-0.15, -0.1) is 0 Å². The number of rotatable bonds is 8. The first-order valence-corrected chi connectivity index (χ1v) is 18.3. The molecule has 12 heteroatoms. The van der Waals surface area contributed by atoms with E-state index in [0.29, 0.717) is 30.2 Å². The number of fused-ring (bicyclic) bond motifs is 1. The summed E-state index contributed by atoms with van der Waals surface area (Å²) in [5, 5.41) is 16.3. The van der Waals surface area contributed by atoms with Gasteiger partial charge in [-0.05, 0) is 48.0 Å². The van der Waals surface area contributed by atoms with Gasteiger partial charge >= 0.3 is 6.09 Å². The lowest BCUT2D eigenvalue weighted by Crippen LogP contribution is -2.62. The van der Waals surface area contributed by atoms with Crippen molar-refractivity contribution in [1.29, 1.82) is 0 Å². The number of amides is 2. The number of carboxylic acid groups (broad SMARTS) is 1. The predicted octanol–water partition coefficient (Wildman–Crippen LogP) is 6.44. The fraction of sp³-hybridized carbons (Fsp3) is 0.382. The number of methoxy groups -OCH3 is 1. The zero-order valence-electron chi connectivity index (χ0n) is 27.4. The lowest BCUT2D eigenvalue weighted by Gasteiger charge is -2.48. The molecule has 1 aliphatic heterocycles. The Balaban J connectivity index is 1.37. The minimum atomic E-state index is -2.18. The predicted molar refractivity (Wildman–Crippen MR) is 182 cm³/mol. The van der Waals surface area contributed by atoms with Crippen LogP contribution in [-0.2, 0) is 4.43 Å². The Bertz CT molecular complexity index is 1730. The molecule has 1 saturated heterocycles. The summed E-state index contributed by atoms with van der Waals surface area (Å²) in [6.45, 7) is 13.9. The molecular weight excluding hydrogens is 600 g/mol. The van der Waals surface area contributed by atoms with E-state index in [4.69, 9.17) is 9.16 Å². The Morgan fingerprint density at radius 1 is 1.02 bits per heavy atom. The molecule has 0 saturated carbocycles. The smallest absolute Gasteiger partial charge is 0.405 e. The van der Waals surface area contributed by atoms with Crippen LogP contribution in [-0.4, -0.2) is 72.7 Å². The van der Waals surface area contributed by atoms with Crippen LogP contribution in [0.5, 0.6) is 5.88 Å². The maximum atomic E-state index is 13.5. The number of nitrogens with one attached hydrogen (secondary N) is 2. The van der Waals surface area contributed by atoms with Crippen LogP contribution in [0, 0.1) is 5.92 Å². The van der Waals surface area contributed by atoms with Crippen LogP contribution in [0.25, 0.3) is 22.0 Å². The third-order valence-electron chi connectivity index (χ3n) is 9.02. The molecule has 3 aromatic heterocycles. The van der Waals surface area contributed by atoms with E-state index in [2.05, 4.69) is 71.3 Å². The van der Waals surface area contributed by atoms with Crippen molar-refractivity contribution in [2.24, 2.45) is 5.92 Å². The number of hydrogen-bond acceptors (Lipinski definition) is 8. The highest BCUT2D eigenvalue weighted by atomic mass is 28.4. The van der Waals surface area contributed by atoms with Crippen LogP contribution in [0.15, 0.2) is 67.1 Å². The molecular formula is C34H42N6O5Si. The largest absolute Gasteiger partial charge is 0.481 e. The average molecular weight is 643 g/mol. The maximum Gasteiger partial charge on any atom is 0.405 e. The van der Waals surface area contributed by atoms with E-state index < -0.39 is 20.5 Å². The fourth-order valence-corrected chi connectivity index (χ4v) is 6.93. The van der Waals surface area contributed by atoms with E-state index in [1.54, 1.807) is 37.8 Å². The molecule has 5 rings (SSSR count). The number of pyridine rings is 3. The molecule has 1 fully saturated rings. The minimum Gasteiger partial charge on any atom is -0.481 e. The van der Waals surface area contributed by atoms with Gasteiger partial charge in [0.2, 0.25) is 5.88 Å². The summed E-state index contributed by atoms with van der Waals surface area (Å²) in [6.07, 6.45) is 3.62. The van der Waals surface area contributed by atoms with E-state index in [-0.39, 0.29) is 28.7 Å². The van der Waals surface area contributed by atoms with Gasteiger partial charge in [0.15, 0.2) is 8.32 Å². The Kier molecular flexibility index (Phi) is 9.31. The van der Waals surface area contributed by atoms with Crippen LogP contribution >= 0.6 is 0 Å². The van der Waals surface area contributed by atoms with Crippen molar-refractivity contribution in [3.05, 3.63) is 72.8 Å². The van der Waals surface area contributed by atoms with E-state index in [1.165, 1.54) is 0 Å². The minimum absolute atomic E-state index is 0.00805. The van der Waals surface area contributed by atoms with Gasteiger partial charge in [-0.1, -0.05) is 45.9 Å². The average Bonchev–Trinajstić information content (AvgIpc) is 3.01. The SMILES string of the molecule is COc1ccc(-c2ccc3ccc(C(=O)Nc4cnccc4N4C[C@H](C)[C@@H](O[Si](C)(C)C(C)(C)C)[C@H](NC(=O)O)C4)nc3c2)cn1.